The molecule has 4 heteroatoms. The summed E-state index contributed by atoms with van der Waals surface area (Å²) in [5.41, 5.74) is 8.98. The van der Waals surface area contributed by atoms with Gasteiger partial charge in [0.2, 0.25) is 5.91 Å². The molecule has 0 atom stereocenters. The second-order valence-electron chi connectivity index (χ2n) is 4.72. The summed E-state index contributed by atoms with van der Waals surface area (Å²) >= 11 is 3.53. The third-order valence-electron chi connectivity index (χ3n) is 3.05. The van der Waals surface area contributed by atoms with E-state index in [0.29, 0.717) is 12.2 Å². The Hall–Kier alpha value is -1.81. The van der Waals surface area contributed by atoms with Crippen LogP contribution in [0.2, 0.25) is 0 Å². The molecular weight excluding hydrogens is 318 g/mol. The smallest absolute Gasteiger partial charge is 0.248 e. The number of benzene rings is 2. The summed E-state index contributed by atoms with van der Waals surface area (Å²) < 4.78 is 6.88. The monoisotopic (exact) mass is 333 g/mol. The molecule has 0 saturated carbocycles. The van der Waals surface area contributed by atoms with Gasteiger partial charge < -0.3 is 10.5 Å². The largest absolute Gasteiger partial charge is 0.489 e. The highest BCUT2D eigenvalue weighted by atomic mass is 79.9. The van der Waals surface area contributed by atoms with Gasteiger partial charge in [0.05, 0.1) is 0 Å². The molecule has 1 amide bonds. The predicted molar refractivity (Wildman–Crippen MR) is 82.9 cm³/mol. The molecule has 0 aliphatic rings. The van der Waals surface area contributed by atoms with Crippen LogP contribution in [0.25, 0.3) is 0 Å². The van der Waals surface area contributed by atoms with E-state index >= 15 is 0 Å². The Balaban J connectivity index is 2.07. The van der Waals surface area contributed by atoms with Crippen molar-refractivity contribution in [2.45, 2.75) is 20.5 Å². The minimum Gasteiger partial charge on any atom is -0.489 e. The van der Waals surface area contributed by atoms with Crippen molar-refractivity contribution in [3.8, 4) is 5.75 Å². The molecule has 0 spiro atoms. The topological polar surface area (TPSA) is 52.3 Å². The fourth-order valence-electron chi connectivity index (χ4n) is 1.92. The maximum atomic E-state index is 11.0. The summed E-state index contributed by atoms with van der Waals surface area (Å²) in [6, 6.07) is 11.1. The lowest BCUT2D eigenvalue weighted by molar-refractivity contribution is 0.1000. The Labute approximate surface area is 126 Å². The van der Waals surface area contributed by atoms with Crippen LogP contribution >= 0.6 is 15.9 Å². The molecule has 0 aliphatic carbocycles. The van der Waals surface area contributed by atoms with Crippen LogP contribution in [-0.2, 0) is 6.61 Å². The first-order chi connectivity index (χ1) is 9.47. The van der Waals surface area contributed by atoms with Crippen molar-refractivity contribution in [2.24, 2.45) is 5.73 Å². The van der Waals surface area contributed by atoms with Crippen LogP contribution in [0.4, 0.5) is 0 Å². The van der Waals surface area contributed by atoms with Crippen molar-refractivity contribution in [1.82, 2.24) is 0 Å². The van der Waals surface area contributed by atoms with Crippen LogP contribution in [0.1, 0.15) is 27.0 Å². The number of nitrogens with two attached hydrogens (primary N) is 1. The normalized spacial score (nSPS) is 10.3. The maximum Gasteiger partial charge on any atom is 0.248 e. The molecule has 2 rings (SSSR count). The van der Waals surface area contributed by atoms with Crippen molar-refractivity contribution >= 4 is 21.8 Å². The van der Waals surface area contributed by atoms with Crippen LogP contribution in [-0.4, -0.2) is 5.91 Å². The van der Waals surface area contributed by atoms with E-state index in [1.165, 1.54) is 0 Å². The van der Waals surface area contributed by atoms with Crippen molar-refractivity contribution in [2.75, 3.05) is 0 Å². The Kier molecular flexibility index (Phi) is 4.45. The van der Waals surface area contributed by atoms with Crippen molar-refractivity contribution < 1.29 is 9.53 Å². The van der Waals surface area contributed by atoms with Gasteiger partial charge in [-0.25, -0.2) is 0 Å². The SMILES string of the molecule is Cc1cc(OCc2ccc(C(N)=O)cc2)cc(C)c1Br. The molecule has 20 heavy (non-hydrogen) atoms. The Morgan fingerprint density at radius 2 is 1.70 bits per heavy atom. The quantitative estimate of drug-likeness (QED) is 0.926. The van der Waals surface area contributed by atoms with Crippen LogP contribution in [0.5, 0.6) is 5.75 Å². The molecule has 2 aromatic carbocycles. The van der Waals surface area contributed by atoms with Gasteiger partial charge >= 0.3 is 0 Å². The van der Waals surface area contributed by atoms with Gasteiger partial charge in [-0.15, -0.1) is 0 Å². The summed E-state index contributed by atoms with van der Waals surface area (Å²) in [5.74, 6) is 0.416. The lowest BCUT2D eigenvalue weighted by atomic mass is 10.1. The molecular formula is C16H16BrNO2. The van der Waals surface area contributed by atoms with Gasteiger partial charge in [0, 0.05) is 10.0 Å². The summed E-state index contributed by atoms with van der Waals surface area (Å²) in [6.45, 7) is 4.52. The van der Waals surface area contributed by atoms with Crippen LogP contribution in [0.3, 0.4) is 0 Å². The van der Waals surface area contributed by atoms with Crippen LogP contribution in [0, 0.1) is 13.8 Å². The van der Waals surface area contributed by atoms with Gasteiger partial charge in [-0.3, -0.25) is 4.79 Å². The molecule has 2 aromatic rings. The van der Waals surface area contributed by atoms with Gasteiger partial charge in [0.15, 0.2) is 0 Å². The molecule has 3 nitrogen and oxygen atoms in total. The van der Waals surface area contributed by atoms with E-state index in [4.69, 9.17) is 10.5 Å². The average Bonchev–Trinajstić information content (AvgIpc) is 2.42. The minimum atomic E-state index is -0.420. The molecule has 2 N–H and O–H groups in total. The number of carbonyl (C=O) groups is 1. The van der Waals surface area contributed by atoms with Gasteiger partial charge in [-0.2, -0.15) is 0 Å². The van der Waals surface area contributed by atoms with E-state index in [2.05, 4.69) is 15.9 Å². The number of halogens is 1. The Morgan fingerprint density at radius 3 is 2.20 bits per heavy atom. The zero-order chi connectivity index (χ0) is 14.7. The van der Waals surface area contributed by atoms with Crippen molar-refractivity contribution in [1.29, 1.82) is 0 Å². The molecule has 104 valence electrons. The standard InChI is InChI=1S/C16H16BrNO2/c1-10-7-14(8-11(2)15(10)17)20-9-12-3-5-13(6-4-12)16(18)19/h3-8H,9H2,1-2H3,(H2,18,19). The molecule has 0 heterocycles. The van der Waals surface area contributed by atoms with Crippen LogP contribution < -0.4 is 10.5 Å². The highest BCUT2D eigenvalue weighted by Crippen LogP contribution is 2.26. The first-order valence-electron chi connectivity index (χ1n) is 6.25. The summed E-state index contributed by atoms with van der Waals surface area (Å²) in [7, 11) is 0. The van der Waals surface area contributed by atoms with Gasteiger partial charge in [-0.1, -0.05) is 28.1 Å². The lowest BCUT2D eigenvalue weighted by Gasteiger charge is -2.10. The van der Waals surface area contributed by atoms with E-state index in [-0.39, 0.29) is 0 Å². The third kappa shape index (κ3) is 3.39. The van der Waals surface area contributed by atoms with Crippen LogP contribution in [0.15, 0.2) is 40.9 Å². The van der Waals surface area contributed by atoms with E-state index in [0.717, 1.165) is 26.9 Å². The molecule has 0 unspecified atom stereocenters. The number of hydrogen-bond donors (Lipinski definition) is 1. The molecule has 0 bridgehead atoms. The van der Waals surface area contributed by atoms with E-state index in [1.54, 1.807) is 12.1 Å². The fourth-order valence-corrected chi connectivity index (χ4v) is 2.15. The molecule has 0 aromatic heterocycles. The van der Waals surface area contributed by atoms with E-state index in [1.807, 2.05) is 38.1 Å². The average molecular weight is 334 g/mol. The third-order valence-corrected chi connectivity index (χ3v) is 4.30. The predicted octanol–water partition coefficient (Wildman–Crippen LogP) is 3.74. The first-order valence-corrected chi connectivity index (χ1v) is 7.05. The highest BCUT2D eigenvalue weighted by molar-refractivity contribution is 9.10. The van der Waals surface area contributed by atoms with Gasteiger partial charge in [-0.05, 0) is 54.8 Å². The number of hydrogen-bond acceptors (Lipinski definition) is 2. The van der Waals surface area contributed by atoms with E-state index in [9.17, 15) is 4.79 Å². The zero-order valence-electron chi connectivity index (χ0n) is 11.4. The second-order valence-corrected chi connectivity index (χ2v) is 5.51. The zero-order valence-corrected chi connectivity index (χ0v) is 13.0. The fraction of sp³-hybridized carbons (Fsp3) is 0.188. The van der Waals surface area contributed by atoms with Crippen molar-refractivity contribution in [3.63, 3.8) is 0 Å². The molecule has 0 saturated heterocycles. The minimum absolute atomic E-state index is 0.420. The summed E-state index contributed by atoms with van der Waals surface area (Å²) in [6.07, 6.45) is 0. The molecule has 0 fully saturated rings. The summed E-state index contributed by atoms with van der Waals surface area (Å²) in [4.78, 5) is 11.0. The number of ether oxygens (including phenoxy) is 1. The second kappa shape index (κ2) is 6.09. The Bertz CT molecular complexity index is 612. The Morgan fingerprint density at radius 1 is 1.15 bits per heavy atom. The van der Waals surface area contributed by atoms with E-state index < -0.39 is 5.91 Å². The van der Waals surface area contributed by atoms with Crippen molar-refractivity contribution in [3.05, 3.63) is 63.1 Å². The number of amides is 1. The summed E-state index contributed by atoms with van der Waals surface area (Å²) in [5, 5.41) is 0. The molecule has 0 radical (unpaired) electrons. The number of primary amides is 1. The first kappa shape index (κ1) is 14.6. The lowest BCUT2D eigenvalue weighted by Crippen LogP contribution is -2.10. The number of aryl methyl sites for hydroxylation is 2. The molecule has 0 aliphatic heterocycles. The number of rotatable bonds is 4. The number of carbonyl (C=O) groups excluding carboxylic acids is 1. The highest BCUT2D eigenvalue weighted by Gasteiger charge is 2.04. The van der Waals surface area contributed by atoms with Gasteiger partial charge in [0.25, 0.3) is 0 Å². The van der Waals surface area contributed by atoms with Gasteiger partial charge in [0.1, 0.15) is 12.4 Å². The maximum absolute atomic E-state index is 11.0.